The summed E-state index contributed by atoms with van der Waals surface area (Å²) in [7, 11) is -3.32. The van der Waals surface area contributed by atoms with E-state index >= 15 is 0 Å². The maximum atomic E-state index is 13.3. The Morgan fingerprint density at radius 1 is 0.786 bits per heavy atom. The molecule has 0 spiro atoms. The summed E-state index contributed by atoms with van der Waals surface area (Å²) in [5, 5.41) is 0.487. The predicted octanol–water partition coefficient (Wildman–Crippen LogP) is 4.84. The van der Waals surface area contributed by atoms with Crippen molar-refractivity contribution in [3.63, 3.8) is 0 Å². The predicted molar refractivity (Wildman–Crippen MR) is 111 cm³/mol. The lowest BCUT2D eigenvalue weighted by Gasteiger charge is -2.11. The minimum atomic E-state index is -3.32. The minimum absolute atomic E-state index is 0.149. The summed E-state index contributed by atoms with van der Waals surface area (Å²) in [4.78, 5) is 13.5. The Hall–Kier alpha value is -3.18. The molecule has 0 fully saturated rings. The highest BCUT2D eigenvalue weighted by atomic mass is 32.2. The highest BCUT2D eigenvalue weighted by Gasteiger charge is 2.18. The Balaban J connectivity index is 2.03. The third kappa shape index (κ3) is 3.25. The first-order valence-electron chi connectivity index (χ1n) is 8.78. The van der Waals surface area contributed by atoms with E-state index < -0.39 is 9.84 Å². The molecule has 4 rings (SSSR count). The Morgan fingerprint density at radius 3 is 2.04 bits per heavy atom. The molecule has 1 aromatic heterocycles. The van der Waals surface area contributed by atoms with E-state index in [1.807, 2.05) is 37.3 Å². The van der Waals surface area contributed by atoms with Crippen LogP contribution in [0.2, 0.25) is 0 Å². The Bertz CT molecular complexity index is 1330. The summed E-state index contributed by atoms with van der Waals surface area (Å²) in [5.41, 5.74) is 3.29. The van der Waals surface area contributed by atoms with Gasteiger partial charge in [0.2, 0.25) is 5.43 Å². The van der Waals surface area contributed by atoms with Gasteiger partial charge in [0.15, 0.2) is 9.84 Å². The molecule has 0 radical (unpaired) electrons. The Kier molecular flexibility index (Phi) is 4.40. The third-order valence-electron chi connectivity index (χ3n) is 4.68. The van der Waals surface area contributed by atoms with Crippen molar-refractivity contribution in [1.29, 1.82) is 0 Å². The standard InChI is InChI=1S/C23H18O4S/c1-15-7-9-17(10-8-15)23-21(16-11-13-18(14-12-16)28(2,25)26)22(24)19-5-3-4-6-20(19)27-23/h3-14H,1-2H3. The van der Waals surface area contributed by atoms with Gasteiger partial charge >= 0.3 is 0 Å². The van der Waals surface area contributed by atoms with Gasteiger partial charge in [0.05, 0.1) is 15.8 Å². The van der Waals surface area contributed by atoms with Gasteiger partial charge < -0.3 is 4.42 Å². The minimum Gasteiger partial charge on any atom is -0.455 e. The van der Waals surface area contributed by atoms with E-state index in [9.17, 15) is 13.2 Å². The highest BCUT2D eigenvalue weighted by Crippen LogP contribution is 2.33. The second-order valence-corrected chi connectivity index (χ2v) is 8.81. The van der Waals surface area contributed by atoms with Crippen molar-refractivity contribution in [2.45, 2.75) is 11.8 Å². The van der Waals surface area contributed by atoms with Crippen LogP contribution in [0.1, 0.15) is 5.56 Å². The topological polar surface area (TPSA) is 64.3 Å². The summed E-state index contributed by atoms with van der Waals surface area (Å²) >= 11 is 0. The van der Waals surface area contributed by atoms with E-state index in [4.69, 9.17) is 4.42 Å². The lowest BCUT2D eigenvalue weighted by molar-refractivity contribution is 0.602. The zero-order valence-electron chi connectivity index (χ0n) is 15.5. The second-order valence-electron chi connectivity index (χ2n) is 6.79. The van der Waals surface area contributed by atoms with Crippen molar-refractivity contribution in [3.8, 4) is 22.5 Å². The van der Waals surface area contributed by atoms with Crippen molar-refractivity contribution in [3.05, 3.63) is 88.6 Å². The van der Waals surface area contributed by atoms with Crippen LogP contribution in [0.3, 0.4) is 0 Å². The number of benzene rings is 3. The summed E-state index contributed by atoms with van der Waals surface area (Å²) in [6, 6.07) is 21.2. The first-order chi connectivity index (χ1) is 13.3. The van der Waals surface area contributed by atoms with Gasteiger partial charge in [0, 0.05) is 11.8 Å². The van der Waals surface area contributed by atoms with Crippen LogP contribution in [0.4, 0.5) is 0 Å². The third-order valence-corrected chi connectivity index (χ3v) is 5.81. The quantitative estimate of drug-likeness (QED) is 0.502. The number of hydrogen-bond acceptors (Lipinski definition) is 4. The average molecular weight is 390 g/mol. The van der Waals surface area contributed by atoms with Gasteiger partial charge in [-0.05, 0) is 36.8 Å². The van der Waals surface area contributed by atoms with Gasteiger partial charge in [0.25, 0.3) is 0 Å². The molecule has 0 saturated carbocycles. The lowest BCUT2D eigenvalue weighted by Crippen LogP contribution is -2.07. The number of rotatable bonds is 3. The van der Waals surface area contributed by atoms with Crippen molar-refractivity contribution >= 4 is 20.8 Å². The molecule has 3 aromatic carbocycles. The fraction of sp³-hybridized carbons (Fsp3) is 0.0870. The molecule has 0 aliphatic carbocycles. The summed E-state index contributed by atoms with van der Waals surface area (Å²) in [5.74, 6) is 0.468. The molecular weight excluding hydrogens is 372 g/mol. The van der Waals surface area contributed by atoms with E-state index in [1.54, 1.807) is 30.3 Å². The molecule has 0 unspecified atom stereocenters. The number of aryl methyl sites for hydroxylation is 1. The SMILES string of the molecule is Cc1ccc(-c2oc3ccccc3c(=O)c2-c2ccc(S(C)(=O)=O)cc2)cc1. The fourth-order valence-electron chi connectivity index (χ4n) is 3.18. The largest absolute Gasteiger partial charge is 0.455 e. The fourth-order valence-corrected chi connectivity index (χ4v) is 3.81. The summed E-state index contributed by atoms with van der Waals surface area (Å²) in [6.45, 7) is 1.99. The molecule has 4 nitrogen and oxygen atoms in total. The number of fused-ring (bicyclic) bond motifs is 1. The summed E-state index contributed by atoms with van der Waals surface area (Å²) < 4.78 is 29.7. The van der Waals surface area contributed by atoms with Gasteiger partial charge in [-0.2, -0.15) is 0 Å². The zero-order chi connectivity index (χ0) is 19.9. The molecule has 0 aliphatic rings. The van der Waals surface area contributed by atoms with Crippen molar-refractivity contribution in [2.24, 2.45) is 0 Å². The highest BCUT2D eigenvalue weighted by molar-refractivity contribution is 7.90. The molecule has 1 heterocycles. The van der Waals surface area contributed by atoms with Crippen molar-refractivity contribution < 1.29 is 12.8 Å². The van der Waals surface area contributed by atoms with Crippen LogP contribution >= 0.6 is 0 Å². The van der Waals surface area contributed by atoms with Gasteiger partial charge in [-0.1, -0.05) is 54.1 Å². The van der Waals surface area contributed by atoms with E-state index in [1.165, 1.54) is 12.1 Å². The number of hydrogen-bond donors (Lipinski definition) is 0. The Morgan fingerprint density at radius 2 is 1.39 bits per heavy atom. The molecule has 0 bridgehead atoms. The van der Waals surface area contributed by atoms with Crippen LogP contribution in [0.15, 0.2) is 86.9 Å². The molecule has 4 aromatic rings. The smallest absolute Gasteiger partial charge is 0.201 e. The van der Waals surface area contributed by atoms with Crippen LogP contribution in [-0.4, -0.2) is 14.7 Å². The van der Waals surface area contributed by atoms with E-state index in [0.717, 1.165) is 17.4 Å². The normalized spacial score (nSPS) is 11.6. The maximum absolute atomic E-state index is 13.3. The van der Waals surface area contributed by atoms with Crippen molar-refractivity contribution in [2.75, 3.05) is 6.26 Å². The lowest BCUT2D eigenvalue weighted by atomic mass is 9.98. The molecule has 28 heavy (non-hydrogen) atoms. The maximum Gasteiger partial charge on any atom is 0.201 e. The van der Waals surface area contributed by atoms with Crippen LogP contribution < -0.4 is 5.43 Å². The first-order valence-corrected chi connectivity index (χ1v) is 10.7. The molecule has 140 valence electrons. The van der Waals surface area contributed by atoms with Gasteiger partial charge in [-0.15, -0.1) is 0 Å². The van der Waals surface area contributed by atoms with Crippen LogP contribution in [0, 0.1) is 6.92 Å². The van der Waals surface area contributed by atoms with Gasteiger partial charge in [0.1, 0.15) is 11.3 Å². The first kappa shape index (κ1) is 18.2. The Labute approximate surface area is 163 Å². The molecule has 0 aliphatic heterocycles. The van der Waals surface area contributed by atoms with Crippen LogP contribution in [-0.2, 0) is 9.84 Å². The van der Waals surface area contributed by atoms with E-state index in [0.29, 0.717) is 27.9 Å². The van der Waals surface area contributed by atoms with Gasteiger partial charge in [-0.3, -0.25) is 4.79 Å². The summed E-state index contributed by atoms with van der Waals surface area (Å²) in [6.07, 6.45) is 1.16. The van der Waals surface area contributed by atoms with Crippen molar-refractivity contribution in [1.82, 2.24) is 0 Å². The molecule has 0 amide bonds. The molecule has 5 heteroatoms. The van der Waals surface area contributed by atoms with Gasteiger partial charge in [-0.25, -0.2) is 8.42 Å². The second kappa shape index (κ2) is 6.77. The zero-order valence-corrected chi connectivity index (χ0v) is 16.3. The number of sulfone groups is 1. The molecular formula is C23H18O4S. The molecule has 0 N–H and O–H groups in total. The average Bonchev–Trinajstić information content (AvgIpc) is 2.68. The molecule has 0 saturated heterocycles. The van der Waals surface area contributed by atoms with E-state index in [-0.39, 0.29) is 10.3 Å². The number of para-hydroxylation sites is 1. The van der Waals surface area contributed by atoms with Crippen LogP contribution in [0.25, 0.3) is 33.4 Å². The van der Waals surface area contributed by atoms with E-state index in [2.05, 4.69) is 0 Å². The monoisotopic (exact) mass is 390 g/mol. The van der Waals surface area contributed by atoms with Crippen LogP contribution in [0.5, 0.6) is 0 Å². The molecule has 0 atom stereocenters.